The molecule has 0 radical (unpaired) electrons. The van der Waals surface area contributed by atoms with Crippen LogP contribution in [0.25, 0.3) is 0 Å². The lowest BCUT2D eigenvalue weighted by molar-refractivity contribution is -0.116. The Morgan fingerprint density at radius 1 is 1.25 bits per heavy atom. The number of para-hydroxylation sites is 1. The highest BCUT2D eigenvalue weighted by atomic mass is 35.5. The number of ether oxygens (including phenoxy) is 1. The molecule has 1 aliphatic heterocycles. The van der Waals surface area contributed by atoms with Gasteiger partial charge in [0.15, 0.2) is 11.0 Å². The summed E-state index contributed by atoms with van der Waals surface area (Å²) in [5.41, 5.74) is 2.24. The number of hydrogen-bond acceptors (Lipinski definition) is 5. The largest absolute Gasteiger partial charge is 0.486 e. The van der Waals surface area contributed by atoms with Crippen LogP contribution in [0.15, 0.2) is 66.3 Å². The van der Waals surface area contributed by atoms with E-state index >= 15 is 0 Å². The Morgan fingerprint density at radius 2 is 2.03 bits per heavy atom. The van der Waals surface area contributed by atoms with E-state index < -0.39 is 0 Å². The van der Waals surface area contributed by atoms with Gasteiger partial charge in [-0.3, -0.25) is 9.36 Å². The van der Waals surface area contributed by atoms with Crippen molar-refractivity contribution in [2.75, 3.05) is 10.7 Å². The summed E-state index contributed by atoms with van der Waals surface area (Å²) < 4.78 is 7.75. The number of aryl methyl sites for hydroxylation is 1. The lowest BCUT2D eigenvalue weighted by Gasteiger charge is -2.35. The minimum absolute atomic E-state index is 0.0711. The Morgan fingerprint density at radius 3 is 2.81 bits per heavy atom. The SMILES string of the molecule is C=CCn1c(COc2ccc(Cl)cc2)nnc1SCC(=O)N1c2ccccc2CCC1C. The van der Waals surface area contributed by atoms with E-state index in [1.54, 1.807) is 18.2 Å². The molecule has 0 fully saturated rings. The van der Waals surface area contributed by atoms with Crippen molar-refractivity contribution in [2.24, 2.45) is 0 Å². The lowest BCUT2D eigenvalue weighted by atomic mass is 9.97. The van der Waals surface area contributed by atoms with Crippen LogP contribution in [-0.4, -0.2) is 32.5 Å². The minimum atomic E-state index is 0.0711. The van der Waals surface area contributed by atoms with Gasteiger partial charge in [0, 0.05) is 23.3 Å². The van der Waals surface area contributed by atoms with Crippen LogP contribution in [0.2, 0.25) is 5.02 Å². The number of hydrogen-bond donors (Lipinski definition) is 0. The van der Waals surface area contributed by atoms with Crippen molar-refractivity contribution in [3.8, 4) is 5.75 Å². The van der Waals surface area contributed by atoms with Gasteiger partial charge < -0.3 is 9.64 Å². The Labute approximate surface area is 197 Å². The third kappa shape index (κ3) is 5.00. The molecule has 1 aliphatic rings. The van der Waals surface area contributed by atoms with Gasteiger partial charge in [0.05, 0.1) is 5.75 Å². The first kappa shape index (κ1) is 22.4. The van der Waals surface area contributed by atoms with E-state index in [2.05, 4.69) is 29.8 Å². The van der Waals surface area contributed by atoms with Crippen molar-refractivity contribution in [3.05, 3.63) is 77.6 Å². The molecule has 1 aromatic heterocycles. The van der Waals surface area contributed by atoms with Gasteiger partial charge in [-0.05, 0) is 55.7 Å². The van der Waals surface area contributed by atoms with Crippen molar-refractivity contribution in [1.29, 1.82) is 0 Å². The van der Waals surface area contributed by atoms with Crippen molar-refractivity contribution in [3.63, 3.8) is 0 Å². The third-order valence-corrected chi connectivity index (χ3v) is 6.61. The molecule has 6 nitrogen and oxygen atoms in total. The third-order valence-electron chi connectivity index (χ3n) is 5.40. The highest BCUT2D eigenvalue weighted by molar-refractivity contribution is 7.99. The average Bonchev–Trinajstić information content (AvgIpc) is 3.18. The molecule has 32 heavy (non-hydrogen) atoms. The van der Waals surface area contributed by atoms with Crippen LogP contribution in [0.1, 0.15) is 24.7 Å². The molecule has 4 rings (SSSR count). The highest BCUT2D eigenvalue weighted by Crippen LogP contribution is 2.31. The summed E-state index contributed by atoms with van der Waals surface area (Å²) in [6.45, 7) is 6.73. The molecule has 1 atom stereocenters. The molecule has 0 spiro atoms. The number of thioether (sulfide) groups is 1. The van der Waals surface area contributed by atoms with Crippen LogP contribution < -0.4 is 9.64 Å². The number of aromatic nitrogens is 3. The van der Waals surface area contributed by atoms with Gasteiger partial charge >= 0.3 is 0 Å². The molecule has 2 heterocycles. The number of allylic oxidation sites excluding steroid dienone is 1. The van der Waals surface area contributed by atoms with Crippen LogP contribution in [0.3, 0.4) is 0 Å². The summed E-state index contributed by atoms with van der Waals surface area (Å²) in [5, 5.41) is 9.90. The summed E-state index contributed by atoms with van der Waals surface area (Å²) in [6, 6.07) is 15.5. The number of carbonyl (C=O) groups is 1. The second-order valence-electron chi connectivity index (χ2n) is 7.61. The molecule has 0 aliphatic carbocycles. The molecule has 2 aromatic carbocycles. The molecular formula is C24H25ClN4O2S. The van der Waals surface area contributed by atoms with Gasteiger partial charge in [-0.2, -0.15) is 0 Å². The van der Waals surface area contributed by atoms with Crippen LogP contribution in [-0.2, 0) is 24.4 Å². The fraction of sp³-hybridized carbons (Fsp3) is 0.292. The van der Waals surface area contributed by atoms with Gasteiger partial charge in [-0.1, -0.05) is 47.6 Å². The zero-order valence-corrected chi connectivity index (χ0v) is 19.5. The quantitative estimate of drug-likeness (QED) is 0.337. The maximum Gasteiger partial charge on any atom is 0.237 e. The standard InChI is InChI=1S/C24H25ClN4O2S/c1-3-14-28-22(15-31-20-12-10-19(25)11-13-20)26-27-24(28)32-16-23(30)29-17(2)8-9-18-6-4-5-7-21(18)29/h3-7,10-13,17H,1,8-9,14-16H2,2H3. The number of halogens is 1. The number of fused-ring (bicyclic) bond motifs is 1. The van der Waals surface area contributed by atoms with Crippen molar-refractivity contribution in [2.45, 2.75) is 44.1 Å². The number of anilines is 1. The summed E-state index contributed by atoms with van der Waals surface area (Å²) in [7, 11) is 0. The molecule has 1 amide bonds. The molecule has 0 saturated heterocycles. The molecule has 0 N–H and O–H groups in total. The van der Waals surface area contributed by atoms with Gasteiger partial charge in [-0.25, -0.2) is 0 Å². The highest BCUT2D eigenvalue weighted by Gasteiger charge is 2.28. The van der Waals surface area contributed by atoms with E-state index in [1.807, 2.05) is 39.8 Å². The smallest absolute Gasteiger partial charge is 0.237 e. The fourth-order valence-electron chi connectivity index (χ4n) is 3.79. The van der Waals surface area contributed by atoms with Gasteiger partial charge in [-0.15, -0.1) is 16.8 Å². The second-order valence-corrected chi connectivity index (χ2v) is 8.99. The molecule has 1 unspecified atom stereocenters. The van der Waals surface area contributed by atoms with E-state index in [0.717, 1.165) is 18.5 Å². The fourth-order valence-corrected chi connectivity index (χ4v) is 4.74. The summed E-state index contributed by atoms with van der Waals surface area (Å²) >= 11 is 7.31. The minimum Gasteiger partial charge on any atom is -0.486 e. The average molecular weight is 469 g/mol. The zero-order valence-electron chi connectivity index (χ0n) is 17.9. The molecule has 0 saturated carbocycles. The van der Waals surface area contributed by atoms with E-state index in [9.17, 15) is 4.79 Å². The van der Waals surface area contributed by atoms with Gasteiger partial charge in [0.25, 0.3) is 0 Å². The monoisotopic (exact) mass is 468 g/mol. The van der Waals surface area contributed by atoms with Gasteiger partial charge in [0.1, 0.15) is 12.4 Å². The van der Waals surface area contributed by atoms with E-state index in [-0.39, 0.29) is 24.3 Å². The van der Waals surface area contributed by atoms with E-state index in [1.165, 1.54) is 17.3 Å². The van der Waals surface area contributed by atoms with Gasteiger partial charge in [0.2, 0.25) is 5.91 Å². The lowest BCUT2D eigenvalue weighted by Crippen LogP contribution is -2.43. The Hall–Kier alpha value is -2.77. The normalized spacial score (nSPS) is 15.3. The predicted molar refractivity (Wildman–Crippen MR) is 128 cm³/mol. The second kappa shape index (κ2) is 10.2. The number of rotatable bonds is 8. The maximum absolute atomic E-state index is 13.2. The predicted octanol–water partition coefficient (Wildman–Crippen LogP) is 5.16. The molecule has 3 aromatic rings. The molecule has 8 heteroatoms. The molecule has 0 bridgehead atoms. The van der Waals surface area contributed by atoms with Crippen LogP contribution in [0.5, 0.6) is 5.75 Å². The molecular weight excluding hydrogens is 444 g/mol. The summed E-state index contributed by atoms with van der Waals surface area (Å²) in [6.07, 6.45) is 3.75. The maximum atomic E-state index is 13.2. The van der Waals surface area contributed by atoms with Crippen molar-refractivity contribution in [1.82, 2.24) is 14.8 Å². The molecule has 166 valence electrons. The first-order chi connectivity index (χ1) is 15.6. The number of benzene rings is 2. The number of carbonyl (C=O) groups excluding carboxylic acids is 1. The van der Waals surface area contributed by atoms with Crippen molar-refractivity contribution >= 4 is 35.0 Å². The van der Waals surface area contributed by atoms with Crippen molar-refractivity contribution < 1.29 is 9.53 Å². The Bertz CT molecular complexity index is 1100. The van der Waals surface area contributed by atoms with Crippen LogP contribution in [0, 0.1) is 0 Å². The Balaban J connectivity index is 1.44. The van der Waals surface area contributed by atoms with Crippen LogP contribution in [0.4, 0.5) is 5.69 Å². The topological polar surface area (TPSA) is 60.2 Å². The summed E-state index contributed by atoms with van der Waals surface area (Å²) in [4.78, 5) is 15.1. The zero-order chi connectivity index (χ0) is 22.5. The summed E-state index contributed by atoms with van der Waals surface area (Å²) in [5.74, 6) is 1.73. The van der Waals surface area contributed by atoms with E-state index in [4.69, 9.17) is 16.3 Å². The first-order valence-electron chi connectivity index (χ1n) is 10.5. The number of nitrogens with zero attached hydrogens (tertiary/aromatic N) is 4. The van der Waals surface area contributed by atoms with E-state index in [0.29, 0.717) is 28.3 Å². The van der Waals surface area contributed by atoms with Crippen LogP contribution >= 0.6 is 23.4 Å². The first-order valence-corrected chi connectivity index (χ1v) is 11.9. The number of amides is 1. The Kier molecular flexibility index (Phi) is 7.17.